The van der Waals surface area contributed by atoms with Crippen LogP contribution in [-0.4, -0.2) is 5.11 Å². The molecule has 0 radical (unpaired) electrons. The third kappa shape index (κ3) is 2.80. The van der Waals surface area contributed by atoms with Crippen LogP contribution in [0.2, 0.25) is 0 Å². The molecule has 0 heterocycles. The molecular weight excluding hydrogens is 391 g/mol. The summed E-state index contributed by atoms with van der Waals surface area (Å²) < 4.78 is 0. The third-order valence-corrected chi connectivity index (χ3v) is 10.6. The Kier molecular flexibility index (Phi) is 4.22. The van der Waals surface area contributed by atoms with Gasteiger partial charge in [0.1, 0.15) is 5.75 Å². The highest BCUT2D eigenvalue weighted by molar-refractivity contribution is 14.2. The number of hydrogen-bond acceptors (Lipinski definition) is 1. The lowest BCUT2D eigenvalue weighted by atomic mass is 10.3. The van der Waals surface area contributed by atoms with Gasteiger partial charge in [0.2, 0.25) is 0 Å². The van der Waals surface area contributed by atoms with E-state index >= 15 is 0 Å². The quantitative estimate of drug-likeness (QED) is 0.527. The Morgan fingerprint density at radius 2 is 0.952 bits per heavy atom. The molecule has 3 rings (SSSR count). The van der Waals surface area contributed by atoms with Crippen molar-refractivity contribution >= 4 is 28.4 Å². The van der Waals surface area contributed by atoms with Crippen LogP contribution in [0.25, 0.3) is 0 Å². The van der Waals surface area contributed by atoms with Gasteiger partial charge < -0.3 is 5.11 Å². The third-order valence-electron chi connectivity index (χ3n) is 3.30. The second-order valence-corrected chi connectivity index (χ2v) is 11.1. The molecular formula is C18H15IOS. The van der Waals surface area contributed by atoms with E-state index in [-0.39, 0.29) is 0 Å². The predicted octanol–water partition coefficient (Wildman–Crippen LogP) is 6.02. The SMILES string of the molecule is Oc1ccc(S(I)(c2ccccc2)c2ccccc2)cc1. The molecule has 1 nitrogen and oxygen atoms in total. The van der Waals surface area contributed by atoms with Crippen LogP contribution in [-0.2, 0) is 0 Å². The number of phenolic OH excluding ortho intramolecular Hbond substituents is 1. The average Bonchev–Trinajstić information content (AvgIpc) is 2.56. The van der Waals surface area contributed by atoms with E-state index in [2.05, 4.69) is 69.7 Å². The Hall–Kier alpha value is -1.46. The van der Waals surface area contributed by atoms with Crippen molar-refractivity contribution in [2.75, 3.05) is 0 Å². The summed E-state index contributed by atoms with van der Waals surface area (Å²) >= 11 is 2.59. The van der Waals surface area contributed by atoms with Gasteiger partial charge in [0.25, 0.3) is 0 Å². The second kappa shape index (κ2) is 6.12. The standard InChI is InChI=1S/C18H15IOS/c19-21(16-7-3-1-4-8-16,17-9-5-2-6-10-17)18-13-11-15(20)12-14-18/h1-14,20H. The summed E-state index contributed by atoms with van der Waals surface area (Å²) in [6.07, 6.45) is 0. The maximum atomic E-state index is 9.57. The molecule has 0 bridgehead atoms. The Morgan fingerprint density at radius 1 is 0.571 bits per heavy atom. The average molecular weight is 406 g/mol. The molecule has 106 valence electrons. The summed E-state index contributed by atoms with van der Waals surface area (Å²) in [6.45, 7) is 0. The summed E-state index contributed by atoms with van der Waals surface area (Å²) in [6, 6.07) is 28.7. The summed E-state index contributed by atoms with van der Waals surface area (Å²) in [5.74, 6) is 0.304. The topological polar surface area (TPSA) is 20.2 Å². The van der Waals surface area contributed by atoms with Crippen LogP contribution in [0.15, 0.2) is 99.6 Å². The van der Waals surface area contributed by atoms with Crippen molar-refractivity contribution in [3.63, 3.8) is 0 Å². The van der Waals surface area contributed by atoms with Crippen molar-refractivity contribution in [2.45, 2.75) is 14.7 Å². The van der Waals surface area contributed by atoms with E-state index in [1.165, 1.54) is 14.7 Å². The van der Waals surface area contributed by atoms with Crippen LogP contribution in [0, 0.1) is 0 Å². The van der Waals surface area contributed by atoms with Gasteiger partial charge in [-0.25, -0.2) is 0 Å². The summed E-state index contributed by atoms with van der Waals surface area (Å²) in [7, 11) is -1.33. The molecule has 0 spiro atoms. The number of aromatic hydroxyl groups is 1. The lowest BCUT2D eigenvalue weighted by molar-refractivity contribution is 0.475. The van der Waals surface area contributed by atoms with Crippen LogP contribution in [0.5, 0.6) is 5.75 Å². The van der Waals surface area contributed by atoms with E-state index in [1.54, 1.807) is 12.1 Å². The fraction of sp³-hybridized carbons (Fsp3) is 0. The van der Waals surface area contributed by atoms with Crippen molar-refractivity contribution in [3.8, 4) is 5.75 Å². The van der Waals surface area contributed by atoms with Crippen LogP contribution < -0.4 is 0 Å². The zero-order chi connectivity index (χ0) is 14.7. The molecule has 0 unspecified atom stereocenters. The molecule has 3 heteroatoms. The van der Waals surface area contributed by atoms with E-state index in [4.69, 9.17) is 0 Å². The smallest absolute Gasteiger partial charge is 0.115 e. The van der Waals surface area contributed by atoms with Gasteiger partial charge in [-0.15, -0.1) is 7.20 Å². The Morgan fingerprint density at radius 3 is 1.38 bits per heavy atom. The zero-order valence-electron chi connectivity index (χ0n) is 11.3. The molecule has 1 N–H and O–H groups in total. The van der Waals surface area contributed by atoms with Gasteiger partial charge >= 0.3 is 0 Å². The first-order valence-corrected chi connectivity index (χ1v) is 10.8. The van der Waals surface area contributed by atoms with Crippen LogP contribution in [0.4, 0.5) is 0 Å². The summed E-state index contributed by atoms with van der Waals surface area (Å²) in [5, 5.41) is 9.57. The molecule has 21 heavy (non-hydrogen) atoms. The minimum atomic E-state index is -1.33. The summed E-state index contributed by atoms with van der Waals surface area (Å²) in [4.78, 5) is 3.85. The van der Waals surface area contributed by atoms with Gasteiger partial charge in [0.15, 0.2) is 0 Å². The van der Waals surface area contributed by atoms with Crippen molar-refractivity contribution < 1.29 is 5.11 Å². The number of rotatable bonds is 3. The number of hydrogen-bond donors (Lipinski definition) is 1. The van der Waals surface area contributed by atoms with Gasteiger partial charge in [-0.3, -0.25) is 0 Å². The highest BCUT2D eigenvalue weighted by Crippen LogP contribution is 2.74. The highest BCUT2D eigenvalue weighted by Gasteiger charge is 2.27. The Bertz CT molecular complexity index is 672. The number of halogens is 1. The minimum Gasteiger partial charge on any atom is -0.508 e. The molecule has 0 aromatic heterocycles. The summed E-state index contributed by atoms with van der Waals surface area (Å²) in [5.41, 5.74) is 0. The molecule has 0 aliphatic heterocycles. The van der Waals surface area contributed by atoms with E-state index in [9.17, 15) is 5.11 Å². The fourth-order valence-electron chi connectivity index (χ4n) is 2.26. The Labute approximate surface area is 138 Å². The first kappa shape index (κ1) is 14.5. The maximum Gasteiger partial charge on any atom is 0.115 e. The predicted molar refractivity (Wildman–Crippen MR) is 97.4 cm³/mol. The van der Waals surface area contributed by atoms with Gasteiger partial charge in [0.05, 0.1) is 0 Å². The molecule has 0 aliphatic carbocycles. The molecule has 0 saturated carbocycles. The van der Waals surface area contributed by atoms with Gasteiger partial charge in [0, 0.05) is 14.7 Å². The van der Waals surface area contributed by atoms with Crippen molar-refractivity contribution in [1.82, 2.24) is 0 Å². The van der Waals surface area contributed by atoms with Crippen LogP contribution >= 0.6 is 28.4 Å². The highest BCUT2D eigenvalue weighted by atomic mass is 127. The van der Waals surface area contributed by atoms with Gasteiger partial charge in [-0.2, -0.15) is 0 Å². The fourth-order valence-corrected chi connectivity index (χ4v) is 7.29. The number of phenols is 1. The second-order valence-electron chi connectivity index (χ2n) is 4.66. The molecule has 0 fully saturated rings. The Balaban J connectivity index is 2.23. The molecule has 0 atom stereocenters. The van der Waals surface area contributed by atoms with E-state index in [0.29, 0.717) is 5.75 Å². The number of benzene rings is 3. The first-order valence-electron chi connectivity index (χ1n) is 6.63. The van der Waals surface area contributed by atoms with Crippen LogP contribution in [0.3, 0.4) is 0 Å². The molecule has 3 aromatic rings. The van der Waals surface area contributed by atoms with E-state index in [0.717, 1.165) is 0 Å². The maximum absolute atomic E-state index is 9.57. The molecule has 3 aromatic carbocycles. The van der Waals surface area contributed by atoms with Crippen molar-refractivity contribution in [2.24, 2.45) is 0 Å². The van der Waals surface area contributed by atoms with Crippen molar-refractivity contribution in [1.29, 1.82) is 0 Å². The van der Waals surface area contributed by atoms with E-state index in [1.807, 2.05) is 24.3 Å². The minimum absolute atomic E-state index is 0.304. The first-order chi connectivity index (χ1) is 10.2. The lowest BCUT2D eigenvalue weighted by Gasteiger charge is -2.35. The van der Waals surface area contributed by atoms with E-state index < -0.39 is 7.20 Å². The van der Waals surface area contributed by atoms with Crippen LogP contribution in [0.1, 0.15) is 0 Å². The van der Waals surface area contributed by atoms with Crippen molar-refractivity contribution in [3.05, 3.63) is 84.9 Å². The largest absolute Gasteiger partial charge is 0.508 e. The van der Waals surface area contributed by atoms with Gasteiger partial charge in [-0.1, -0.05) is 36.4 Å². The molecule has 0 saturated heterocycles. The zero-order valence-corrected chi connectivity index (χ0v) is 14.3. The molecule has 0 amide bonds. The normalized spacial score (nSPS) is 12.0. The monoisotopic (exact) mass is 406 g/mol. The molecule has 0 aliphatic rings. The van der Waals surface area contributed by atoms with Gasteiger partial charge in [-0.05, 0) is 69.7 Å². The lowest BCUT2D eigenvalue weighted by Crippen LogP contribution is -1.95.